The third-order valence-corrected chi connectivity index (χ3v) is 2.71. The second-order valence-corrected chi connectivity index (χ2v) is 3.51. The number of carboxylic acid groups (broad SMARTS) is 1. The maximum atomic E-state index is 10.9. The molecule has 0 heterocycles. The van der Waals surface area contributed by atoms with Crippen molar-refractivity contribution in [3.8, 4) is 0 Å². The molecule has 0 amide bonds. The fourth-order valence-corrected chi connectivity index (χ4v) is 1.98. The average Bonchev–Trinajstić information content (AvgIpc) is 2.16. The van der Waals surface area contributed by atoms with E-state index in [9.17, 15) is 4.79 Å². The Bertz CT molecular complexity index is 168. The molecule has 1 radical (unpaired) electrons. The van der Waals surface area contributed by atoms with E-state index in [1.807, 2.05) is 6.42 Å². The van der Waals surface area contributed by atoms with Gasteiger partial charge in [-0.25, -0.2) is 0 Å². The summed E-state index contributed by atoms with van der Waals surface area (Å²) in [5.41, 5.74) is 0. The van der Waals surface area contributed by atoms with Crippen LogP contribution in [0, 0.1) is 24.2 Å². The molecule has 0 aliphatic heterocycles. The summed E-state index contributed by atoms with van der Waals surface area (Å²) >= 11 is 0. The Kier molecular flexibility index (Phi) is 3.69. The van der Waals surface area contributed by atoms with Crippen LogP contribution in [0.2, 0.25) is 0 Å². The van der Waals surface area contributed by atoms with Crippen LogP contribution in [0.4, 0.5) is 0 Å². The van der Waals surface area contributed by atoms with Crippen molar-refractivity contribution in [3.05, 3.63) is 6.42 Å². The fraction of sp³-hybridized carbons (Fsp3) is 0.778. The molecule has 0 aromatic rings. The molecule has 1 aliphatic rings. The molecule has 0 aromatic heterocycles. The molecule has 4 nitrogen and oxygen atoms in total. The quantitative estimate of drug-likeness (QED) is 0.576. The molecule has 75 valence electrons. The highest BCUT2D eigenvalue weighted by Crippen LogP contribution is 2.33. The summed E-state index contributed by atoms with van der Waals surface area (Å²) in [5, 5.41) is 26.8. The molecule has 1 fully saturated rings. The van der Waals surface area contributed by atoms with Gasteiger partial charge in [0.1, 0.15) is 0 Å². The first-order chi connectivity index (χ1) is 6.20. The van der Waals surface area contributed by atoms with Gasteiger partial charge in [-0.2, -0.15) is 0 Å². The Morgan fingerprint density at radius 2 is 1.69 bits per heavy atom. The van der Waals surface area contributed by atoms with Crippen LogP contribution < -0.4 is 0 Å². The van der Waals surface area contributed by atoms with Crippen molar-refractivity contribution in [2.45, 2.75) is 12.8 Å². The Labute approximate surface area is 77.2 Å². The van der Waals surface area contributed by atoms with E-state index < -0.39 is 11.9 Å². The normalized spacial score (nSPS) is 34.5. The molecule has 13 heavy (non-hydrogen) atoms. The van der Waals surface area contributed by atoms with Crippen molar-refractivity contribution < 1.29 is 20.1 Å². The van der Waals surface area contributed by atoms with Gasteiger partial charge in [0.05, 0.1) is 5.92 Å². The molecule has 0 aromatic carbocycles. The minimum absolute atomic E-state index is 0.121. The second kappa shape index (κ2) is 4.58. The lowest BCUT2D eigenvalue weighted by Crippen LogP contribution is -2.38. The lowest BCUT2D eigenvalue weighted by Gasteiger charge is -2.33. The van der Waals surface area contributed by atoms with Crippen LogP contribution in [-0.4, -0.2) is 34.5 Å². The van der Waals surface area contributed by atoms with Crippen LogP contribution >= 0.6 is 0 Å². The topological polar surface area (TPSA) is 77.8 Å². The van der Waals surface area contributed by atoms with E-state index in [1.165, 1.54) is 0 Å². The van der Waals surface area contributed by atoms with Gasteiger partial charge in [0.2, 0.25) is 0 Å². The smallest absolute Gasteiger partial charge is 0.307 e. The number of rotatable bonds is 3. The van der Waals surface area contributed by atoms with Gasteiger partial charge < -0.3 is 15.3 Å². The van der Waals surface area contributed by atoms with Gasteiger partial charge in [-0.15, -0.1) is 0 Å². The SMILES string of the molecule is O=C(O)C1C(CO)C[CH]CC1CO. The lowest BCUT2D eigenvalue weighted by molar-refractivity contribution is -0.148. The summed E-state index contributed by atoms with van der Waals surface area (Å²) in [7, 11) is 0. The number of hydrogen-bond acceptors (Lipinski definition) is 3. The van der Waals surface area contributed by atoms with Crippen molar-refractivity contribution in [2.75, 3.05) is 13.2 Å². The standard InChI is InChI=1S/C9H15O4/c10-4-6-2-1-3-7(5-11)8(6)9(12)13/h1,6-8,10-11H,2-5H2,(H,12,13). The van der Waals surface area contributed by atoms with Gasteiger partial charge in [-0.1, -0.05) is 0 Å². The number of carbonyl (C=O) groups is 1. The molecule has 0 spiro atoms. The van der Waals surface area contributed by atoms with Crippen molar-refractivity contribution >= 4 is 5.97 Å². The van der Waals surface area contributed by atoms with E-state index in [0.29, 0.717) is 12.8 Å². The van der Waals surface area contributed by atoms with Crippen LogP contribution in [-0.2, 0) is 4.79 Å². The molecular weight excluding hydrogens is 172 g/mol. The van der Waals surface area contributed by atoms with Gasteiger partial charge >= 0.3 is 5.97 Å². The molecule has 1 aliphatic carbocycles. The monoisotopic (exact) mass is 187 g/mol. The van der Waals surface area contributed by atoms with Crippen LogP contribution in [0.1, 0.15) is 12.8 Å². The highest BCUT2D eigenvalue weighted by molar-refractivity contribution is 5.71. The first-order valence-electron chi connectivity index (χ1n) is 4.47. The van der Waals surface area contributed by atoms with Gasteiger partial charge in [0.25, 0.3) is 0 Å². The summed E-state index contributed by atoms with van der Waals surface area (Å²) in [5.74, 6) is -1.97. The summed E-state index contributed by atoms with van der Waals surface area (Å²) in [6.45, 7) is -0.242. The van der Waals surface area contributed by atoms with Crippen molar-refractivity contribution in [3.63, 3.8) is 0 Å². The Morgan fingerprint density at radius 3 is 2.00 bits per heavy atom. The molecule has 4 heteroatoms. The summed E-state index contributed by atoms with van der Waals surface area (Å²) < 4.78 is 0. The minimum atomic E-state index is -0.911. The van der Waals surface area contributed by atoms with E-state index in [2.05, 4.69) is 0 Å². The minimum Gasteiger partial charge on any atom is -0.481 e. The van der Waals surface area contributed by atoms with Gasteiger partial charge in [0, 0.05) is 13.2 Å². The van der Waals surface area contributed by atoms with Gasteiger partial charge in [0.15, 0.2) is 0 Å². The second-order valence-electron chi connectivity index (χ2n) is 3.51. The van der Waals surface area contributed by atoms with Crippen molar-refractivity contribution in [2.24, 2.45) is 17.8 Å². The summed E-state index contributed by atoms with van der Waals surface area (Å²) in [4.78, 5) is 10.9. The van der Waals surface area contributed by atoms with Crippen molar-refractivity contribution in [1.29, 1.82) is 0 Å². The highest BCUT2D eigenvalue weighted by Gasteiger charge is 2.37. The van der Waals surface area contributed by atoms with Gasteiger partial charge in [-0.3, -0.25) is 4.79 Å². The third kappa shape index (κ3) is 2.19. The number of carboxylic acids is 1. The molecule has 3 N–H and O–H groups in total. The zero-order chi connectivity index (χ0) is 9.84. The predicted molar refractivity (Wildman–Crippen MR) is 45.8 cm³/mol. The number of aliphatic carboxylic acids is 1. The van der Waals surface area contributed by atoms with Crippen molar-refractivity contribution in [1.82, 2.24) is 0 Å². The van der Waals surface area contributed by atoms with Crippen LogP contribution in [0.5, 0.6) is 0 Å². The average molecular weight is 187 g/mol. The van der Waals surface area contributed by atoms with E-state index in [0.717, 1.165) is 0 Å². The maximum absolute atomic E-state index is 10.9. The molecule has 0 bridgehead atoms. The Hall–Kier alpha value is -0.610. The zero-order valence-corrected chi connectivity index (χ0v) is 7.39. The molecule has 2 atom stereocenters. The fourth-order valence-electron chi connectivity index (χ4n) is 1.98. The number of aliphatic hydroxyl groups excluding tert-OH is 2. The zero-order valence-electron chi connectivity index (χ0n) is 7.39. The van der Waals surface area contributed by atoms with E-state index in [4.69, 9.17) is 15.3 Å². The van der Waals surface area contributed by atoms with E-state index >= 15 is 0 Å². The highest BCUT2D eigenvalue weighted by atomic mass is 16.4. The molecule has 2 unspecified atom stereocenters. The lowest BCUT2D eigenvalue weighted by atomic mass is 9.72. The molecule has 0 saturated heterocycles. The molecule has 1 saturated carbocycles. The van der Waals surface area contributed by atoms with E-state index in [-0.39, 0.29) is 25.0 Å². The Morgan fingerprint density at radius 1 is 1.23 bits per heavy atom. The van der Waals surface area contributed by atoms with Crippen LogP contribution in [0.25, 0.3) is 0 Å². The van der Waals surface area contributed by atoms with Gasteiger partial charge in [-0.05, 0) is 31.1 Å². The molecule has 1 rings (SSSR count). The third-order valence-electron chi connectivity index (χ3n) is 2.71. The predicted octanol–water partition coefficient (Wildman–Crippen LogP) is -0.0977. The van der Waals surface area contributed by atoms with Crippen LogP contribution in [0.3, 0.4) is 0 Å². The summed E-state index contributed by atoms with van der Waals surface area (Å²) in [6, 6.07) is 0. The largest absolute Gasteiger partial charge is 0.481 e. The van der Waals surface area contributed by atoms with E-state index in [1.54, 1.807) is 0 Å². The van der Waals surface area contributed by atoms with Crippen LogP contribution in [0.15, 0.2) is 0 Å². The number of aliphatic hydroxyl groups is 2. The maximum Gasteiger partial charge on any atom is 0.307 e. The molecular formula is C9H15O4. The summed E-state index contributed by atoms with van der Waals surface area (Å²) in [6.07, 6.45) is 3.20. The number of hydrogen-bond donors (Lipinski definition) is 3. The first-order valence-corrected chi connectivity index (χ1v) is 4.47. The Balaban J connectivity index is 2.69. The first kappa shape index (κ1) is 10.5.